The smallest absolute Gasteiger partial charge is 0.328 e. The number of carbonyl (C=O) groups excluding carboxylic acids is 2. The van der Waals surface area contributed by atoms with Gasteiger partial charge < -0.3 is 10.0 Å². The first-order valence-electron chi connectivity index (χ1n) is 5.06. The van der Waals surface area contributed by atoms with Crippen molar-refractivity contribution in [3.63, 3.8) is 0 Å². The SMILES string of the molecule is O=C(O)C=CCN1C(=O)C(=O)c2cc(Br)ccc21. The molecule has 18 heavy (non-hydrogen) atoms. The second kappa shape index (κ2) is 4.73. The van der Waals surface area contributed by atoms with E-state index in [1.54, 1.807) is 18.2 Å². The van der Waals surface area contributed by atoms with Crippen molar-refractivity contribution in [2.45, 2.75) is 0 Å². The molecule has 0 spiro atoms. The topological polar surface area (TPSA) is 74.7 Å². The van der Waals surface area contributed by atoms with Crippen LogP contribution in [0.4, 0.5) is 5.69 Å². The summed E-state index contributed by atoms with van der Waals surface area (Å²) in [5.41, 5.74) is 0.835. The minimum absolute atomic E-state index is 0.0610. The van der Waals surface area contributed by atoms with Crippen LogP contribution in [0.15, 0.2) is 34.8 Å². The van der Waals surface area contributed by atoms with Crippen LogP contribution >= 0.6 is 15.9 Å². The molecule has 0 bridgehead atoms. The average molecular weight is 310 g/mol. The van der Waals surface area contributed by atoms with Crippen LogP contribution in [-0.4, -0.2) is 29.3 Å². The van der Waals surface area contributed by atoms with Gasteiger partial charge in [0.05, 0.1) is 11.3 Å². The first kappa shape index (κ1) is 12.5. The molecule has 0 unspecified atom stereocenters. The number of hydrogen-bond donors (Lipinski definition) is 1. The van der Waals surface area contributed by atoms with Crippen molar-refractivity contribution in [1.82, 2.24) is 0 Å². The summed E-state index contributed by atoms with van der Waals surface area (Å²) in [7, 11) is 0. The van der Waals surface area contributed by atoms with Crippen molar-refractivity contribution in [2.75, 3.05) is 11.4 Å². The highest BCUT2D eigenvalue weighted by atomic mass is 79.9. The van der Waals surface area contributed by atoms with Crippen LogP contribution in [0, 0.1) is 0 Å². The van der Waals surface area contributed by atoms with Crippen LogP contribution < -0.4 is 4.90 Å². The van der Waals surface area contributed by atoms with Gasteiger partial charge in [0.25, 0.3) is 11.7 Å². The molecular weight excluding hydrogens is 302 g/mol. The summed E-state index contributed by atoms with van der Waals surface area (Å²) in [5, 5.41) is 8.47. The van der Waals surface area contributed by atoms with Crippen LogP contribution in [0.5, 0.6) is 0 Å². The number of fused-ring (bicyclic) bond motifs is 1. The highest BCUT2D eigenvalue weighted by Crippen LogP contribution is 2.31. The van der Waals surface area contributed by atoms with Gasteiger partial charge in [-0.15, -0.1) is 0 Å². The molecule has 0 saturated carbocycles. The van der Waals surface area contributed by atoms with Crippen molar-refractivity contribution < 1.29 is 19.5 Å². The molecule has 1 aliphatic heterocycles. The van der Waals surface area contributed by atoms with E-state index in [0.29, 0.717) is 15.7 Å². The first-order chi connectivity index (χ1) is 8.50. The zero-order valence-electron chi connectivity index (χ0n) is 9.09. The molecule has 2 rings (SSSR count). The molecular formula is C12H8BrNO4. The van der Waals surface area contributed by atoms with Crippen LogP contribution in [0.1, 0.15) is 10.4 Å². The molecule has 0 radical (unpaired) electrons. The Morgan fingerprint density at radius 3 is 2.78 bits per heavy atom. The van der Waals surface area contributed by atoms with Crippen molar-refractivity contribution in [1.29, 1.82) is 0 Å². The highest BCUT2D eigenvalue weighted by molar-refractivity contribution is 9.10. The Bertz CT molecular complexity index is 579. The second-order valence-electron chi connectivity index (χ2n) is 3.65. The second-order valence-corrected chi connectivity index (χ2v) is 4.56. The minimum atomic E-state index is -1.09. The molecule has 1 aliphatic rings. The number of halogens is 1. The van der Waals surface area contributed by atoms with E-state index < -0.39 is 17.7 Å². The lowest BCUT2D eigenvalue weighted by molar-refractivity contribution is -0.131. The normalized spacial score (nSPS) is 14.4. The van der Waals surface area contributed by atoms with Gasteiger partial charge in [0.15, 0.2) is 0 Å². The molecule has 1 aromatic carbocycles. The monoisotopic (exact) mass is 309 g/mol. The fourth-order valence-electron chi connectivity index (χ4n) is 1.71. The van der Waals surface area contributed by atoms with Gasteiger partial charge in [0, 0.05) is 17.1 Å². The van der Waals surface area contributed by atoms with E-state index in [4.69, 9.17) is 5.11 Å². The molecule has 5 nitrogen and oxygen atoms in total. The molecule has 1 amide bonds. The van der Waals surface area contributed by atoms with Gasteiger partial charge in [-0.2, -0.15) is 0 Å². The van der Waals surface area contributed by atoms with E-state index in [9.17, 15) is 14.4 Å². The van der Waals surface area contributed by atoms with Gasteiger partial charge in [0.2, 0.25) is 0 Å². The fourth-order valence-corrected chi connectivity index (χ4v) is 2.07. The average Bonchev–Trinajstić information content (AvgIpc) is 2.54. The molecule has 1 heterocycles. The number of rotatable bonds is 3. The Morgan fingerprint density at radius 1 is 1.39 bits per heavy atom. The van der Waals surface area contributed by atoms with Gasteiger partial charge in [0.1, 0.15) is 0 Å². The Labute approximate surface area is 111 Å². The number of carboxylic acid groups (broad SMARTS) is 1. The Balaban J connectivity index is 2.31. The molecule has 0 fully saturated rings. The zero-order valence-corrected chi connectivity index (χ0v) is 10.7. The van der Waals surface area contributed by atoms with Gasteiger partial charge >= 0.3 is 5.97 Å². The number of amides is 1. The number of Topliss-reactive ketones (excluding diaryl/α,β-unsaturated/α-hetero) is 1. The minimum Gasteiger partial charge on any atom is -0.478 e. The van der Waals surface area contributed by atoms with Gasteiger partial charge in [-0.05, 0) is 18.2 Å². The van der Waals surface area contributed by atoms with E-state index in [1.807, 2.05) is 0 Å². The molecule has 92 valence electrons. The van der Waals surface area contributed by atoms with Gasteiger partial charge in [-0.1, -0.05) is 22.0 Å². The summed E-state index contributed by atoms with van der Waals surface area (Å²) >= 11 is 3.23. The molecule has 1 aromatic rings. The Hall–Kier alpha value is -1.95. The quantitative estimate of drug-likeness (QED) is 0.680. The van der Waals surface area contributed by atoms with E-state index in [1.165, 1.54) is 11.0 Å². The molecule has 6 heteroatoms. The lowest BCUT2D eigenvalue weighted by Crippen LogP contribution is -2.29. The number of hydrogen-bond acceptors (Lipinski definition) is 3. The largest absolute Gasteiger partial charge is 0.478 e. The predicted octanol–water partition coefficient (Wildman–Crippen LogP) is 1.62. The molecule has 0 aliphatic carbocycles. The summed E-state index contributed by atoms with van der Waals surface area (Å²) in [6.45, 7) is 0.0610. The van der Waals surface area contributed by atoms with Crippen LogP contribution in [0.3, 0.4) is 0 Å². The molecule has 1 N–H and O–H groups in total. The number of anilines is 1. The third kappa shape index (κ3) is 2.19. The van der Waals surface area contributed by atoms with Crippen molar-refractivity contribution in [2.24, 2.45) is 0 Å². The number of nitrogens with zero attached hydrogens (tertiary/aromatic N) is 1. The summed E-state index contributed by atoms with van der Waals surface area (Å²) < 4.78 is 0.713. The van der Waals surface area contributed by atoms with Crippen molar-refractivity contribution in [3.8, 4) is 0 Å². The molecule has 0 aromatic heterocycles. The lowest BCUT2D eigenvalue weighted by Gasteiger charge is -2.13. The molecule has 0 atom stereocenters. The fraction of sp³-hybridized carbons (Fsp3) is 0.0833. The maximum atomic E-state index is 11.7. The Kier molecular flexibility index (Phi) is 3.29. The summed E-state index contributed by atoms with van der Waals surface area (Å²) in [5.74, 6) is -2.31. The highest BCUT2D eigenvalue weighted by Gasteiger charge is 2.35. The van der Waals surface area contributed by atoms with Crippen LogP contribution in [0.2, 0.25) is 0 Å². The van der Waals surface area contributed by atoms with E-state index >= 15 is 0 Å². The standard InChI is InChI=1S/C12H8BrNO4/c13-7-3-4-9-8(6-7)11(17)12(18)14(9)5-1-2-10(15)16/h1-4,6H,5H2,(H,15,16). The Morgan fingerprint density at radius 2 is 2.11 bits per heavy atom. The summed E-state index contributed by atoms with van der Waals surface area (Å²) in [6.07, 6.45) is 2.26. The summed E-state index contributed by atoms with van der Waals surface area (Å²) in [6, 6.07) is 4.95. The first-order valence-corrected chi connectivity index (χ1v) is 5.85. The summed E-state index contributed by atoms with van der Waals surface area (Å²) in [4.78, 5) is 35.0. The molecule has 0 saturated heterocycles. The predicted molar refractivity (Wildman–Crippen MR) is 67.6 cm³/mol. The number of carbonyl (C=O) groups is 3. The number of ketones is 1. The van der Waals surface area contributed by atoms with Gasteiger partial charge in [-0.3, -0.25) is 9.59 Å². The van der Waals surface area contributed by atoms with Crippen LogP contribution in [0.25, 0.3) is 0 Å². The van der Waals surface area contributed by atoms with Crippen LogP contribution in [-0.2, 0) is 9.59 Å². The maximum Gasteiger partial charge on any atom is 0.328 e. The van der Waals surface area contributed by atoms with E-state index in [-0.39, 0.29) is 6.54 Å². The zero-order chi connectivity index (χ0) is 13.3. The number of aliphatic carboxylic acids is 1. The lowest BCUT2D eigenvalue weighted by atomic mass is 10.1. The third-order valence-electron chi connectivity index (χ3n) is 2.48. The number of benzene rings is 1. The third-order valence-corrected chi connectivity index (χ3v) is 2.98. The maximum absolute atomic E-state index is 11.7. The van der Waals surface area contributed by atoms with E-state index in [0.717, 1.165) is 6.08 Å². The van der Waals surface area contributed by atoms with E-state index in [2.05, 4.69) is 15.9 Å². The van der Waals surface area contributed by atoms with Crippen molar-refractivity contribution >= 4 is 39.3 Å². The number of carboxylic acids is 1. The van der Waals surface area contributed by atoms with Crippen molar-refractivity contribution in [3.05, 3.63) is 40.4 Å². The van der Waals surface area contributed by atoms with Gasteiger partial charge in [-0.25, -0.2) is 4.79 Å².